The molecule has 0 N–H and O–H groups in total. The van der Waals surface area contributed by atoms with Gasteiger partial charge in [0.05, 0.1) is 0 Å². The highest BCUT2D eigenvalue weighted by Gasteiger charge is 2.39. The predicted molar refractivity (Wildman–Crippen MR) is 91.8 cm³/mol. The summed E-state index contributed by atoms with van der Waals surface area (Å²) in [6.45, 7) is 12.8. The average Bonchev–Trinajstić information content (AvgIpc) is 2.38. The van der Waals surface area contributed by atoms with Gasteiger partial charge in [0.25, 0.3) is 0 Å². The summed E-state index contributed by atoms with van der Waals surface area (Å²) in [7, 11) is -2.55. The fourth-order valence-corrected chi connectivity index (χ4v) is 4.83. The summed E-state index contributed by atoms with van der Waals surface area (Å²) >= 11 is 10.1. The third-order valence-corrected chi connectivity index (χ3v) is 6.28. The van der Waals surface area contributed by atoms with Crippen LogP contribution in [0.1, 0.15) is 27.2 Å². The number of nitrogens with zero attached hydrogens (tertiary/aromatic N) is 1. The summed E-state index contributed by atoms with van der Waals surface area (Å²) in [5, 5.41) is 0. The van der Waals surface area contributed by atoms with Crippen LogP contribution >= 0.6 is 12.2 Å². The summed E-state index contributed by atoms with van der Waals surface area (Å²) < 4.78 is 17.9. The van der Waals surface area contributed by atoms with Gasteiger partial charge in [0.15, 0.2) is 0 Å². The van der Waals surface area contributed by atoms with Gasteiger partial charge in [0, 0.05) is 39.0 Å². The smallest absolute Gasteiger partial charge is 0.411 e. The Morgan fingerprint density at radius 3 is 2.05 bits per heavy atom. The molecule has 0 radical (unpaired) electrons. The molecular formula is C13H26NO3S2Si-. The molecule has 0 fully saturated rings. The van der Waals surface area contributed by atoms with Crippen LogP contribution in [0.3, 0.4) is 0 Å². The normalized spacial score (nSPS) is 11.3. The van der Waals surface area contributed by atoms with Gasteiger partial charge in [0.2, 0.25) is 0 Å². The second kappa shape index (κ2) is 11.6. The van der Waals surface area contributed by atoms with E-state index in [1.165, 1.54) is 0 Å². The number of thiocarbonyl (C=S) groups is 1. The molecule has 0 rings (SSSR count). The van der Waals surface area contributed by atoms with Crippen LogP contribution in [-0.4, -0.2) is 50.9 Å². The lowest BCUT2D eigenvalue weighted by molar-refractivity contribution is 0.0705. The Bertz CT molecular complexity index is 276. The number of rotatable bonds is 12. The second-order valence-electron chi connectivity index (χ2n) is 4.09. The first-order chi connectivity index (χ1) is 9.55. The van der Waals surface area contributed by atoms with Crippen LogP contribution in [0.5, 0.6) is 0 Å². The van der Waals surface area contributed by atoms with E-state index < -0.39 is 8.80 Å². The molecule has 7 heteroatoms. The van der Waals surface area contributed by atoms with Crippen LogP contribution in [-0.2, 0) is 25.9 Å². The molecule has 0 bridgehead atoms. The van der Waals surface area contributed by atoms with Crippen LogP contribution in [0.2, 0.25) is 6.04 Å². The van der Waals surface area contributed by atoms with Gasteiger partial charge in [-0.05, 0) is 27.2 Å². The molecule has 0 saturated heterocycles. The maximum absolute atomic E-state index is 5.81. The molecule has 20 heavy (non-hydrogen) atoms. The van der Waals surface area contributed by atoms with Gasteiger partial charge in [-0.15, -0.1) is 6.58 Å². The lowest BCUT2D eigenvalue weighted by atomic mass is 10.4. The summed E-state index contributed by atoms with van der Waals surface area (Å²) in [6, 6.07) is 0.772. The van der Waals surface area contributed by atoms with Crippen molar-refractivity contribution in [1.29, 1.82) is 0 Å². The maximum atomic E-state index is 5.81. The Morgan fingerprint density at radius 2 is 1.70 bits per heavy atom. The van der Waals surface area contributed by atoms with Gasteiger partial charge < -0.3 is 43.0 Å². The third kappa shape index (κ3) is 7.66. The molecule has 0 saturated carbocycles. The van der Waals surface area contributed by atoms with E-state index in [0.717, 1.165) is 19.0 Å². The first-order valence-electron chi connectivity index (χ1n) is 7.03. The fourth-order valence-electron chi connectivity index (χ4n) is 1.90. The van der Waals surface area contributed by atoms with Gasteiger partial charge in [-0.2, -0.15) is 0 Å². The van der Waals surface area contributed by atoms with Crippen molar-refractivity contribution in [3.05, 3.63) is 12.7 Å². The van der Waals surface area contributed by atoms with E-state index in [-0.39, 0.29) is 0 Å². The van der Waals surface area contributed by atoms with Crippen LogP contribution in [0.4, 0.5) is 0 Å². The van der Waals surface area contributed by atoms with E-state index >= 15 is 0 Å². The summed E-state index contributed by atoms with van der Waals surface area (Å²) in [5.74, 6) is 0. The average molecular weight is 337 g/mol. The zero-order valence-electron chi connectivity index (χ0n) is 12.7. The van der Waals surface area contributed by atoms with Gasteiger partial charge in [0.1, 0.15) is 0 Å². The summed E-state index contributed by atoms with van der Waals surface area (Å²) in [5.41, 5.74) is 0. The van der Waals surface area contributed by atoms with E-state index in [0.29, 0.717) is 30.7 Å². The largest absolute Gasteiger partial charge is 0.500 e. The molecule has 0 aliphatic rings. The molecule has 0 heterocycles. The first kappa shape index (κ1) is 19.9. The molecule has 4 nitrogen and oxygen atoms in total. The molecule has 0 spiro atoms. The minimum absolute atomic E-state index is 0.474. The Kier molecular flexibility index (Phi) is 11.6. The van der Waals surface area contributed by atoms with Gasteiger partial charge in [-0.25, -0.2) is 0 Å². The highest BCUT2D eigenvalue weighted by molar-refractivity contribution is 8.00. The fraction of sp³-hybridized carbons (Fsp3) is 0.769. The Labute approximate surface area is 135 Å². The van der Waals surface area contributed by atoms with E-state index in [1.807, 2.05) is 25.7 Å². The molecule has 0 aliphatic heterocycles. The van der Waals surface area contributed by atoms with Crippen LogP contribution in [0, 0.1) is 0 Å². The molecule has 0 unspecified atom stereocenters. The highest BCUT2D eigenvalue weighted by Crippen LogP contribution is 2.18. The second-order valence-corrected chi connectivity index (χ2v) is 7.85. The van der Waals surface area contributed by atoms with E-state index in [4.69, 9.17) is 38.1 Å². The number of hydrogen-bond donors (Lipinski definition) is 0. The summed E-state index contributed by atoms with van der Waals surface area (Å²) in [6.07, 6.45) is 2.67. The van der Waals surface area contributed by atoms with E-state index in [9.17, 15) is 0 Å². The van der Waals surface area contributed by atoms with Gasteiger partial charge in [-0.1, -0.05) is 10.4 Å². The monoisotopic (exact) mass is 336 g/mol. The zero-order chi connectivity index (χ0) is 15.4. The molecule has 0 aromatic rings. The van der Waals surface area contributed by atoms with Crippen LogP contribution in [0.15, 0.2) is 12.7 Å². The Balaban J connectivity index is 4.49. The van der Waals surface area contributed by atoms with Crippen molar-refractivity contribution >= 4 is 38.0 Å². The van der Waals surface area contributed by atoms with E-state index in [1.54, 1.807) is 6.08 Å². The minimum atomic E-state index is -2.55. The first-order valence-corrected chi connectivity index (χ1v) is 9.78. The van der Waals surface area contributed by atoms with Crippen LogP contribution in [0.25, 0.3) is 0 Å². The van der Waals surface area contributed by atoms with Crippen molar-refractivity contribution in [3.8, 4) is 0 Å². The van der Waals surface area contributed by atoms with Crippen molar-refractivity contribution in [1.82, 2.24) is 4.90 Å². The van der Waals surface area contributed by atoms with Crippen molar-refractivity contribution < 1.29 is 13.3 Å². The third-order valence-electron chi connectivity index (χ3n) is 2.61. The molecule has 0 aromatic heterocycles. The Hall–Kier alpha value is -0.0531. The van der Waals surface area contributed by atoms with Gasteiger partial charge >= 0.3 is 8.80 Å². The predicted octanol–water partition coefficient (Wildman–Crippen LogP) is 2.74. The van der Waals surface area contributed by atoms with Crippen LogP contribution < -0.4 is 0 Å². The molecule has 118 valence electrons. The SMILES string of the molecule is C=CCN(CCC[Si](OCC)(OCC)OCC)C(=S)[S-]. The molecule has 0 aliphatic carbocycles. The minimum Gasteiger partial charge on any atom is -0.411 e. The lowest BCUT2D eigenvalue weighted by Gasteiger charge is -2.31. The van der Waals surface area contributed by atoms with Crippen molar-refractivity contribution in [2.75, 3.05) is 32.9 Å². The molecule has 0 atom stereocenters. The topological polar surface area (TPSA) is 30.9 Å². The van der Waals surface area contributed by atoms with E-state index in [2.05, 4.69) is 6.58 Å². The van der Waals surface area contributed by atoms with Crippen molar-refractivity contribution in [2.45, 2.75) is 33.2 Å². The van der Waals surface area contributed by atoms with Gasteiger partial charge in [-0.3, -0.25) is 0 Å². The van der Waals surface area contributed by atoms with Crippen molar-refractivity contribution in [2.24, 2.45) is 0 Å². The zero-order valence-corrected chi connectivity index (χ0v) is 15.4. The summed E-state index contributed by atoms with van der Waals surface area (Å²) in [4.78, 5) is 1.95. The molecular weight excluding hydrogens is 310 g/mol. The quantitative estimate of drug-likeness (QED) is 0.236. The highest BCUT2D eigenvalue weighted by atomic mass is 32.1. The number of hydrogen-bond acceptors (Lipinski definition) is 5. The standard InChI is InChI=1S/C13H27NO3S2Si/c1-5-10-14(13(18)19)11-9-12-20(15-6-2,16-7-3)17-8-4/h5H,1,6-12H2,2-4H3,(H,18,19)/p-1. The van der Waals surface area contributed by atoms with Crippen molar-refractivity contribution in [3.63, 3.8) is 0 Å². The molecule has 0 aromatic carbocycles. The molecule has 0 amide bonds. The Morgan fingerprint density at radius 1 is 1.20 bits per heavy atom. The maximum Gasteiger partial charge on any atom is 0.500 e. The lowest BCUT2D eigenvalue weighted by Crippen LogP contribution is -2.46.